The molecule has 12 heteroatoms. The lowest BCUT2D eigenvalue weighted by Crippen LogP contribution is -2.46. The predicted octanol–water partition coefficient (Wildman–Crippen LogP) is 6.92. The summed E-state index contributed by atoms with van der Waals surface area (Å²) >= 11 is 0. The third kappa shape index (κ3) is 6.43. The van der Waals surface area contributed by atoms with Crippen molar-refractivity contribution in [1.82, 2.24) is 4.90 Å². The summed E-state index contributed by atoms with van der Waals surface area (Å²) in [6.07, 6.45) is -2.65. The Morgan fingerprint density at radius 2 is 1.80 bits per heavy atom. The number of ether oxygens (including phenoxy) is 2. The van der Waals surface area contributed by atoms with Crippen molar-refractivity contribution in [2.24, 2.45) is 35.0 Å². The average molecular weight is 660 g/mol. The van der Waals surface area contributed by atoms with Crippen molar-refractivity contribution in [3.8, 4) is 5.75 Å². The molecule has 1 aromatic rings. The van der Waals surface area contributed by atoms with Gasteiger partial charge in [0.1, 0.15) is 11.5 Å². The summed E-state index contributed by atoms with van der Waals surface area (Å²) in [5, 5.41) is 0. The van der Waals surface area contributed by atoms with E-state index in [-0.39, 0.29) is 46.7 Å². The standard InChI is InChI=1S/C33H42F5NO5S/c1-31-11-9-26-25-6-5-24(44-30(41)39-16-22-18-43-19-23(22)17-39)15-21(25)14-20(29(26)27(31)7-8-28(31)40)4-2-12-45(42)13-3-10-32(34,35)33(36,37)38/h5-6,15,20,22-23,26-27,29H,2-4,7-14,16-19H2,1H3/t20-,22?,23?,26-,27+,29-,31+,45?/m1/s1. The Labute approximate surface area is 263 Å². The van der Waals surface area contributed by atoms with Crippen molar-refractivity contribution >= 4 is 22.7 Å². The zero-order valence-corrected chi connectivity index (χ0v) is 26.4. The summed E-state index contributed by atoms with van der Waals surface area (Å²) in [5.41, 5.74) is 2.00. The molecule has 0 spiro atoms. The van der Waals surface area contributed by atoms with Gasteiger partial charge < -0.3 is 14.4 Å². The molecule has 1 aromatic carbocycles. The average Bonchev–Trinajstić information content (AvgIpc) is 3.66. The lowest BCUT2D eigenvalue weighted by Gasteiger charge is -2.51. The maximum Gasteiger partial charge on any atom is 0.453 e. The van der Waals surface area contributed by atoms with Crippen molar-refractivity contribution in [2.45, 2.75) is 82.7 Å². The van der Waals surface area contributed by atoms with E-state index in [2.05, 4.69) is 13.0 Å². The normalized spacial score (nSPS) is 33.4. The SMILES string of the molecule is C[C@]12CC[C@@H]3c4ccc(OC(=O)N5CC6COCC6C5)cc4C[C@@H](CCCS(=O)CCCC(F)(F)C(F)(F)F)[C@H]3[C@@H]1CCC2=O. The number of carbonyl (C=O) groups is 2. The van der Waals surface area contributed by atoms with E-state index in [1.807, 2.05) is 12.1 Å². The van der Waals surface area contributed by atoms with E-state index in [0.29, 0.717) is 68.9 Å². The summed E-state index contributed by atoms with van der Waals surface area (Å²) in [4.78, 5) is 27.7. The van der Waals surface area contributed by atoms with Gasteiger partial charge in [-0.15, -0.1) is 0 Å². The number of Topliss-reactive ketones (excluding diaryl/α,β-unsaturated/α-hetero) is 1. The van der Waals surface area contributed by atoms with E-state index in [4.69, 9.17) is 9.47 Å². The molecule has 0 radical (unpaired) electrons. The van der Waals surface area contributed by atoms with E-state index >= 15 is 0 Å². The van der Waals surface area contributed by atoms with Crippen LogP contribution in [0.5, 0.6) is 5.75 Å². The van der Waals surface area contributed by atoms with Gasteiger partial charge in [-0.25, -0.2) is 4.79 Å². The fraction of sp³-hybridized carbons (Fsp3) is 0.758. The van der Waals surface area contributed by atoms with Gasteiger partial charge in [0.2, 0.25) is 0 Å². The second-order valence-corrected chi connectivity index (χ2v) is 15.9. The number of nitrogens with zero attached hydrogens (tertiary/aromatic N) is 1. The number of alkyl halides is 5. The maximum absolute atomic E-state index is 13.3. The number of ketones is 1. The molecule has 0 N–H and O–H groups in total. The van der Waals surface area contributed by atoms with Crippen LogP contribution in [-0.2, 0) is 26.8 Å². The molecule has 45 heavy (non-hydrogen) atoms. The molecule has 0 bridgehead atoms. The van der Waals surface area contributed by atoms with Gasteiger partial charge in [-0.1, -0.05) is 13.0 Å². The number of benzene rings is 1. The molecule has 2 saturated carbocycles. The van der Waals surface area contributed by atoms with Crippen molar-refractivity contribution in [1.29, 1.82) is 0 Å². The number of likely N-dealkylation sites (tertiary alicyclic amines) is 1. The highest BCUT2D eigenvalue weighted by molar-refractivity contribution is 7.84. The van der Waals surface area contributed by atoms with Gasteiger partial charge in [0.05, 0.1) is 13.2 Å². The van der Waals surface area contributed by atoms with Crippen LogP contribution in [0.15, 0.2) is 18.2 Å². The first-order valence-electron chi connectivity index (χ1n) is 16.3. The highest BCUT2D eigenvalue weighted by Gasteiger charge is 2.57. The molecular weight excluding hydrogens is 617 g/mol. The molecule has 2 aliphatic heterocycles. The highest BCUT2D eigenvalue weighted by atomic mass is 32.2. The van der Waals surface area contributed by atoms with Gasteiger partial charge in [0.15, 0.2) is 0 Å². The number of hydrogen-bond donors (Lipinski definition) is 0. The number of hydrogen-bond acceptors (Lipinski definition) is 5. The number of fused-ring (bicyclic) bond motifs is 6. The number of rotatable bonds is 9. The van der Waals surface area contributed by atoms with Crippen LogP contribution in [0, 0.1) is 35.0 Å². The topological polar surface area (TPSA) is 72.9 Å². The minimum atomic E-state index is -5.60. The van der Waals surface area contributed by atoms with Crippen LogP contribution in [0.4, 0.5) is 26.7 Å². The second kappa shape index (κ2) is 12.5. The van der Waals surface area contributed by atoms with Gasteiger partial charge in [0, 0.05) is 65.5 Å². The Morgan fingerprint density at radius 1 is 1.09 bits per heavy atom. The fourth-order valence-electron chi connectivity index (χ4n) is 9.09. The van der Waals surface area contributed by atoms with Crippen LogP contribution < -0.4 is 4.74 Å². The Balaban J connectivity index is 1.12. The molecule has 3 aliphatic carbocycles. The second-order valence-electron chi connectivity index (χ2n) is 14.2. The molecule has 2 saturated heterocycles. The monoisotopic (exact) mass is 659 g/mol. The van der Waals surface area contributed by atoms with Crippen LogP contribution >= 0.6 is 0 Å². The third-order valence-corrected chi connectivity index (χ3v) is 13.0. The molecule has 2 heterocycles. The summed E-state index contributed by atoms with van der Waals surface area (Å²) in [5.74, 6) is -2.25. The minimum Gasteiger partial charge on any atom is -0.410 e. The molecule has 5 aliphatic rings. The predicted molar refractivity (Wildman–Crippen MR) is 158 cm³/mol. The van der Waals surface area contributed by atoms with Crippen molar-refractivity contribution in [2.75, 3.05) is 37.8 Å². The summed E-state index contributed by atoms with van der Waals surface area (Å²) in [7, 11) is -1.50. The molecule has 1 amide bonds. The fourth-order valence-corrected chi connectivity index (χ4v) is 10.3. The van der Waals surface area contributed by atoms with Gasteiger partial charge in [-0.3, -0.25) is 9.00 Å². The van der Waals surface area contributed by atoms with E-state index in [1.54, 1.807) is 4.90 Å². The Bertz CT molecular complexity index is 1310. The zero-order chi connectivity index (χ0) is 32.1. The molecule has 8 atom stereocenters. The Kier molecular flexibility index (Phi) is 9.13. The number of amides is 1. The highest BCUT2D eigenvalue weighted by Crippen LogP contribution is 2.61. The lowest BCUT2D eigenvalue weighted by atomic mass is 9.52. The lowest BCUT2D eigenvalue weighted by molar-refractivity contribution is -0.284. The third-order valence-electron chi connectivity index (χ3n) is 11.5. The van der Waals surface area contributed by atoms with E-state index in [9.17, 15) is 35.8 Å². The first-order valence-corrected chi connectivity index (χ1v) is 17.8. The van der Waals surface area contributed by atoms with Crippen LogP contribution in [-0.4, -0.2) is 70.9 Å². The van der Waals surface area contributed by atoms with Crippen molar-refractivity contribution < 1.29 is 45.2 Å². The van der Waals surface area contributed by atoms with Gasteiger partial charge in [-0.2, -0.15) is 22.0 Å². The summed E-state index contributed by atoms with van der Waals surface area (Å²) in [6.45, 7) is 4.70. The molecular formula is C33H42F5NO5S. The molecule has 4 fully saturated rings. The maximum atomic E-state index is 13.3. The summed E-state index contributed by atoms with van der Waals surface area (Å²) in [6, 6.07) is 5.90. The molecule has 250 valence electrons. The van der Waals surface area contributed by atoms with Crippen LogP contribution in [0.2, 0.25) is 0 Å². The van der Waals surface area contributed by atoms with Gasteiger partial charge in [-0.05, 0) is 91.9 Å². The van der Waals surface area contributed by atoms with E-state index < -0.39 is 35.7 Å². The molecule has 0 aromatic heterocycles. The molecule has 3 unspecified atom stereocenters. The van der Waals surface area contributed by atoms with Crippen molar-refractivity contribution in [3.05, 3.63) is 29.3 Å². The first-order chi connectivity index (χ1) is 21.3. The van der Waals surface area contributed by atoms with Crippen molar-refractivity contribution in [3.63, 3.8) is 0 Å². The van der Waals surface area contributed by atoms with Crippen LogP contribution in [0.1, 0.15) is 75.3 Å². The quantitative estimate of drug-likeness (QED) is 0.269. The molecule has 6 nitrogen and oxygen atoms in total. The largest absolute Gasteiger partial charge is 0.453 e. The molecule has 6 rings (SSSR count). The van der Waals surface area contributed by atoms with Gasteiger partial charge >= 0.3 is 18.2 Å². The van der Waals surface area contributed by atoms with E-state index in [0.717, 1.165) is 31.2 Å². The minimum absolute atomic E-state index is 0.188. The number of carbonyl (C=O) groups excluding carboxylic acids is 2. The Hall–Kier alpha value is -2.08. The van der Waals surface area contributed by atoms with Crippen LogP contribution in [0.25, 0.3) is 0 Å². The van der Waals surface area contributed by atoms with E-state index in [1.165, 1.54) is 5.56 Å². The van der Waals surface area contributed by atoms with Crippen LogP contribution in [0.3, 0.4) is 0 Å². The van der Waals surface area contributed by atoms with Gasteiger partial charge in [0.25, 0.3) is 0 Å². The first kappa shape index (κ1) is 32.8. The number of halogens is 5. The smallest absolute Gasteiger partial charge is 0.410 e. The summed E-state index contributed by atoms with van der Waals surface area (Å²) < 4.78 is 87.9. The zero-order valence-electron chi connectivity index (χ0n) is 25.6. The Morgan fingerprint density at radius 3 is 2.51 bits per heavy atom.